The highest BCUT2D eigenvalue weighted by Gasteiger charge is 2.16. The standard InChI is InChI=1S/C13H16N2O3/c1-9-12(7-8-16)13(18-2)15(14-9)10-3-5-11(17)6-4-10/h3-6,16-17H,7-8H2,1-2H3. The van der Waals surface area contributed by atoms with Gasteiger partial charge in [-0.2, -0.15) is 5.10 Å². The first kappa shape index (κ1) is 12.4. The number of rotatable bonds is 4. The molecule has 0 aliphatic heterocycles. The molecule has 0 saturated carbocycles. The Hall–Kier alpha value is -2.01. The lowest BCUT2D eigenvalue weighted by molar-refractivity contribution is 0.295. The van der Waals surface area contributed by atoms with Gasteiger partial charge < -0.3 is 14.9 Å². The van der Waals surface area contributed by atoms with Crippen LogP contribution in [0.25, 0.3) is 5.69 Å². The zero-order valence-corrected chi connectivity index (χ0v) is 10.4. The van der Waals surface area contributed by atoms with E-state index in [2.05, 4.69) is 5.10 Å². The number of aromatic hydroxyl groups is 1. The largest absolute Gasteiger partial charge is 0.508 e. The molecule has 0 aliphatic carbocycles. The van der Waals surface area contributed by atoms with Crippen LogP contribution in [0.15, 0.2) is 24.3 Å². The van der Waals surface area contributed by atoms with Gasteiger partial charge in [-0.15, -0.1) is 0 Å². The topological polar surface area (TPSA) is 67.5 Å². The number of ether oxygens (including phenoxy) is 1. The van der Waals surface area contributed by atoms with Gasteiger partial charge in [-0.05, 0) is 31.2 Å². The lowest BCUT2D eigenvalue weighted by Crippen LogP contribution is -2.01. The molecule has 0 unspecified atom stereocenters. The van der Waals surface area contributed by atoms with E-state index < -0.39 is 0 Å². The summed E-state index contributed by atoms with van der Waals surface area (Å²) in [7, 11) is 1.58. The number of aliphatic hydroxyl groups excluding tert-OH is 1. The number of methoxy groups -OCH3 is 1. The first-order valence-corrected chi connectivity index (χ1v) is 5.70. The fraction of sp³-hybridized carbons (Fsp3) is 0.308. The molecule has 5 nitrogen and oxygen atoms in total. The van der Waals surface area contributed by atoms with E-state index in [4.69, 9.17) is 9.84 Å². The summed E-state index contributed by atoms with van der Waals surface area (Å²) in [5, 5.41) is 22.7. The molecular formula is C13H16N2O3. The summed E-state index contributed by atoms with van der Waals surface area (Å²) in [4.78, 5) is 0. The van der Waals surface area contributed by atoms with Crippen LogP contribution in [-0.2, 0) is 6.42 Å². The van der Waals surface area contributed by atoms with Gasteiger partial charge in [-0.1, -0.05) is 0 Å². The van der Waals surface area contributed by atoms with Gasteiger partial charge in [0.05, 0.1) is 18.5 Å². The second-order valence-electron chi connectivity index (χ2n) is 3.98. The summed E-state index contributed by atoms with van der Waals surface area (Å²) >= 11 is 0. The van der Waals surface area contributed by atoms with E-state index in [0.29, 0.717) is 12.3 Å². The number of aryl methyl sites for hydroxylation is 1. The van der Waals surface area contributed by atoms with Crippen LogP contribution in [0.1, 0.15) is 11.3 Å². The lowest BCUT2D eigenvalue weighted by Gasteiger charge is -2.07. The van der Waals surface area contributed by atoms with Crippen LogP contribution in [-0.4, -0.2) is 33.7 Å². The van der Waals surface area contributed by atoms with Crippen molar-refractivity contribution in [1.29, 1.82) is 0 Å². The van der Waals surface area contributed by atoms with Crippen LogP contribution in [0.2, 0.25) is 0 Å². The number of aliphatic hydroxyl groups is 1. The van der Waals surface area contributed by atoms with Gasteiger partial charge in [0.1, 0.15) is 5.75 Å². The van der Waals surface area contributed by atoms with Crippen LogP contribution in [0.4, 0.5) is 0 Å². The summed E-state index contributed by atoms with van der Waals surface area (Å²) < 4.78 is 7.03. The fourth-order valence-electron chi connectivity index (χ4n) is 1.92. The van der Waals surface area contributed by atoms with Gasteiger partial charge in [0, 0.05) is 18.6 Å². The Morgan fingerprint density at radius 2 is 1.94 bits per heavy atom. The molecule has 0 aliphatic rings. The zero-order valence-electron chi connectivity index (χ0n) is 10.4. The lowest BCUT2D eigenvalue weighted by atomic mass is 10.2. The Morgan fingerprint density at radius 1 is 1.28 bits per heavy atom. The van der Waals surface area contributed by atoms with Gasteiger partial charge in [-0.25, -0.2) is 4.68 Å². The van der Waals surface area contributed by atoms with E-state index in [1.807, 2.05) is 6.92 Å². The summed E-state index contributed by atoms with van der Waals surface area (Å²) in [6.07, 6.45) is 0.507. The minimum absolute atomic E-state index is 0.0540. The molecule has 0 radical (unpaired) electrons. The molecule has 18 heavy (non-hydrogen) atoms. The van der Waals surface area contributed by atoms with Crippen molar-refractivity contribution < 1.29 is 14.9 Å². The molecule has 2 aromatic rings. The van der Waals surface area contributed by atoms with Crippen molar-refractivity contribution in [3.05, 3.63) is 35.5 Å². The predicted octanol–water partition coefficient (Wildman–Crippen LogP) is 1.43. The van der Waals surface area contributed by atoms with Crippen molar-refractivity contribution in [2.75, 3.05) is 13.7 Å². The maximum absolute atomic E-state index is 9.28. The van der Waals surface area contributed by atoms with E-state index in [-0.39, 0.29) is 12.4 Å². The summed E-state index contributed by atoms with van der Waals surface area (Å²) in [6, 6.07) is 6.70. The van der Waals surface area contributed by atoms with E-state index in [0.717, 1.165) is 16.9 Å². The summed E-state index contributed by atoms with van der Waals surface area (Å²) in [6.45, 7) is 1.93. The highest BCUT2D eigenvalue weighted by atomic mass is 16.5. The number of benzene rings is 1. The van der Waals surface area contributed by atoms with Crippen molar-refractivity contribution >= 4 is 0 Å². The Balaban J connectivity index is 2.50. The van der Waals surface area contributed by atoms with Gasteiger partial charge in [0.2, 0.25) is 5.88 Å². The predicted molar refractivity (Wildman–Crippen MR) is 67.3 cm³/mol. The quantitative estimate of drug-likeness (QED) is 0.859. The Morgan fingerprint density at radius 3 is 2.50 bits per heavy atom. The first-order chi connectivity index (χ1) is 8.67. The van der Waals surface area contributed by atoms with Gasteiger partial charge in [0.15, 0.2) is 0 Å². The van der Waals surface area contributed by atoms with Crippen molar-refractivity contribution in [3.8, 4) is 17.3 Å². The average molecular weight is 248 g/mol. The molecule has 0 atom stereocenters. The Labute approximate surface area is 105 Å². The summed E-state index contributed by atoms with van der Waals surface area (Å²) in [5.41, 5.74) is 2.53. The normalized spacial score (nSPS) is 10.6. The minimum atomic E-state index is 0.0540. The highest BCUT2D eigenvalue weighted by Crippen LogP contribution is 2.26. The third-order valence-electron chi connectivity index (χ3n) is 2.79. The van der Waals surface area contributed by atoms with Crippen molar-refractivity contribution in [1.82, 2.24) is 9.78 Å². The molecule has 96 valence electrons. The number of hydrogen-bond acceptors (Lipinski definition) is 4. The van der Waals surface area contributed by atoms with E-state index in [1.165, 1.54) is 0 Å². The second kappa shape index (κ2) is 5.10. The van der Waals surface area contributed by atoms with Crippen molar-refractivity contribution in [3.63, 3.8) is 0 Å². The number of aromatic nitrogens is 2. The molecule has 0 spiro atoms. The maximum Gasteiger partial charge on any atom is 0.219 e. The van der Waals surface area contributed by atoms with E-state index in [9.17, 15) is 5.11 Å². The number of phenols is 1. The smallest absolute Gasteiger partial charge is 0.219 e. The van der Waals surface area contributed by atoms with E-state index >= 15 is 0 Å². The maximum atomic E-state index is 9.28. The molecule has 0 amide bonds. The molecule has 1 heterocycles. The second-order valence-corrected chi connectivity index (χ2v) is 3.98. The molecule has 0 fully saturated rings. The molecule has 0 saturated heterocycles. The molecular weight excluding hydrogens is 232 g/mol. The number of nitrogens with zero attached hydrogens (tertiary/aromatic N) is 2. The fourth-order valence-corrected chi connectivity index (χ4v) is 1.92. The molecule has 5 heteroatoms. The molecule has 2 rings (SSSR count). The highest BCUT2D eigenvalue weighted by molar-refractivity contribution is 5.43. The van der Waals surface area contributed by atoms with Gasteiger partial charge in [-0.3, -0.25) is 0 Å². The molecule has 2 N–H and O–H groups in total. The molecule has 1 aromatic carbocycles. The summed E-state index contributed by atoms with van der Waals surface area (Å²) in [5.74, 6) is 0.824. The Bertz CT molecular complexity index is 532. The van der Waals surface area contributed by atoms with Crippen LogP contribution in [0.3, 0.4) is 0 Å². The van der Waals surface area contributed by atoms with Gasteiger partial charge >= 0.3 is 0 Å². The van der Waals surface area contributed by atoms with Crippen LogP contribution in [0.5, 0.6) is 11.6 Å². The van der Waals surface area contributed by atoms with Crippen LogP contribution >= 0.6 is 0 Å². The monoisotopic (exact) mass is 248 g/mol. The SMILES string of the molecule is COc1c(CCO)c(C)nn1-c1ccc(O)cc1. The van der Waals surface area contributed by atoms with Crippen molar-refractivity contribution in [2.45, 2.75) is 13.3 Å². The van der Waals surface area contributed by atoms with Crippen LogP contribution < -0.4 is 4.74 Å². The number of hydrogen-bond donors (Lipinski definition) is 2. The minimum Gasteiger partial charge on any atom is -0.508 e. The van der Waals surface area contributed by atoms with E-state index in [1.54, 1.807) is 36.1 Å². The third-order valence-corrected chi connectivity index (χ3v) is 2.79. The van der Waals surface area contributed by atoms with Crippen LogP contribution in [0, 0.1) is 6.92 Å². The number of phenolic OH excluding ortho intramolecular Hbond substituents is 1. The Kier molecular flexibility index (Phi) is 3.53. The van der Waals surface area contributed by atoms with Crippen molar-refractivity contribution in [2.24, 2.45) is 0 Å². The average Bonchev–Trinajstić information content (AvgIpc) is 2.68. The first-order valence-electron chi connectivity index (χ1n) is 5.70. The molecule has 0 bridgehead atoms. The van der Waals surface area contributed by atoms with Gasteiger partial charge in [0.25, 0.3) is 0 Å². The zero-order chi connectivity index (χ0) is 13.1. The molecule has 1 aromatic heterocycles. The third kappa shape index (κ3) is 2.17.